The Morgan fingerprint density at radius 1 is 1.15 bits per heavy atom. The van der Waals surface area contributed by atoms with Crippen molar-refractivity contribution in [3.63, 3.8) is 0 Å². The van der Waals surface area contributed by atoms with Crippen LogP contribution in [0, 0.1) is 0 Å². The summed E-state index contributed by atoms with van der Waals surface area (Å²) in [5.41, 5.74) is 2.31. The van der Waals surface area contributed by atoms with E-state index in [2.05, 4.69) is 37.4 Å². The number of hydrogen-bond donors (Lipinski definition) is 2. The summed E-state index contributed by atoms with van der Waals surface area (Å²) in [6.07, 6.45) is 0.997. The molecule has 0 radical (unpaired) electrons. The number of para-hydroxylation sites is 1. The topological polar surface area (TPSA) is 49.8 Å². The van der Waals surface area contributed by atoms with Crippen LogP contribution in [0.5, 0.6) is 0 Å². The summed E-state index contributed by atoms with van der Waals surface area (Å²) in [7, 11) is 1.83. The van der Waals surface area contributed by atoms with Crippen molar-refractivity contribution in [2.45, 2.75) is 6.42 Å². The molecule has 0 aliphatic heterocycles. The van der Waals surface area contributed by atoms with Crippen molar-refractivity contribution < 1.29 is 0 Å². The van der Waals surface area contributed by atoms with Gasteiger partial charge in [-0.1, -0.05) is 12.1 Å². The molecule has 0 bridgehead atoms. The molecule has 0 spiro atoms. The Bertz CT molecular complexity index is 694. The van der Waals surface area contributed by atoms with Crippen molar-refractivity contribution in [2.24, 2.45) is 0 Å². The van der Waals surface area contributed by atoms with Crippen molar-refractivity contribution in [1.82, 2.24) is 9.97 Å². The zero-order valence-corrected chi connectivity index (χ0v) is 12.1. The average molecular weight is 284 g/mol. The summed E-state index contributed by atoms with van der Waals surface area (Å²) in [6.45, 7) is 0.862. The van der Waals surface area contributed by atoms with E-state index in [1.54, 1.807) is 11.3 Å². The molecule has 0 saturated heterocycles. The fourth-order valence-electron chi connectivity index (χ4n) is 2.08. The summed E-state index contributed by atoms with van der Waals surface area (Å²) >= 11 is 1.73. The minimum atomic E-state index is 0.640. The zero-order valence-electron chi connectivity index (χ0n) is 11.3. The summed E-state index contributed by atoms with van der Waals surface area (Å²) < 4.78 is 0. The highest BCUT2D eigenvalue weighted by Crippen LogP contribution is 2.21. The van der Waals surface area contributed by atoms with E-state index in [-0.39, 0.29) is 0 Å². The van der Waals surface area contributed by atoms with Crippen molar-refractivity contribution in [3.05, 3.63) is 46.7 Å². The number of rotatable bonds is 5. The quantitative estimate of drug-likeness (QED) is 0.754. The molecular formula is C15H16N4S. The van der Waals surface area contributed by atoms with Gasteiger partial charge in [0.25, 0.3) is 0 Å². The molecule has 3 aromatic rings. The second kappa shape index (κ2) is 5.88. The van der Waals surface area contributed by atoms with Crippen LogP contribution in [-0.2, 0) is 6.42 Å². The highest BCUT2D eigenvalue weighted by Gasteiger charge is 2.06. The third-order valence-corrected chi connectivity index (χ3v) is 3.85. The van der Waals surface area contributed by atoms with Gasteiger partial charge in [-0.3, -0.25) is 0 Å². The molecule has 0 saturated carbocycles. The van der Waals surface area contributed by atoms with Crippen molar-refractivity contribution >= 4 is 34.0 Å². The molecule has 2 N–H and O–H groups in total. The normalized spacial score (nSPS) is 10.7. The van der Waals surface area contributed by atoms with E-state index in [0.717, 1.165) is 29.7 Å². The van der Waals surface area contributed by atoms with E-state index in [1.165, 1.54) is 5.56 Å². The van der Waals surface area contributed by atoms with Crippen molar-refractivity contribution in [1.29, 1.82) is 0 Å². The van der Waals surface area contributed by atoms with Crippen LogP contribution in [0.2, 0.25) is 0 Å². The molecule has 2 heterocycles. The van der Waals surface area contributed by atoms with Gasteiger partial charge in [0.1, 0.15) is 5.82 Å². The first-order valence-electron chi connectivity index (χ1n) is 6.56. The maximum absolute atomic E-state index is 4.51. The van der Waals surface area contributed by atoms with Crippen LogP contribution < -0.4 is 10.6 Å². The third-order valence-electron chi connectivity index (χ3n) is 3.11. The Hall–Kier alpha value is -2.14. The lowest BCUT2D eigenvalue weighted by Crippen LogP contribution is -2.08. The summed E-state index contributed by atoms with van der Waals surface area (Å²) in [5.74, 6) is 1.52. The van der Waals surface area contributed by atoms with E-state index < -0.39 is 0 Å². The van der Waals surface area contributed by atoms with E-state index in [9.17, 15) is 0 Å². The van der Waals surface area contributed by atoms with Gasteiger partial charge < -0.3 is 10.6 Å². The molecule has 5 heteroatoms. The number of nitrogens with one attached hydrogen (secondary N) is 2. The molecule has 20 heavy (non-hydrogen) atoms. The maximum Gasteiger partial charge on any atom is 0.224 e. The van der Waals surface area contributed by atoms with Crippen molar-refractivity contribution in [2.75, 3.05) is 24.2 Å². The largest absolute Gasteiger partial charge is 0.369 e. The van der Waals surface area contributed by atoms with Gasteiger partial charge in [-0.05, 0) is 40.9 Å². The standard InChI is InChI=1S/C15H16N4S/c1-16-15-18-13-5-3-2-4-12(13)14(19-15)17-8-6-11-7-9-20-10-11/h2-5,7,9-10H,6,8H2,1H3,(H2,16,17,18,19). The van der Waals surface area contributed by atoms with Gasteiger partial charge >= 0.3 is 0 Å². The number of anilines is 2. The van der Waals surface area contributed by atoms with Crippen LogP contribution in [0.15, 0.2) is 41.1 Å². The predicted octanol–water partition coefficient (Wildman–Crippen LogP) is 3.39. The van der Waals surface area contributed by atoms with Gasteiger partial charge in [-0.2, -0.15) is 16.3 Å². The molecule has 2 aromatic heterocycles. The minimum absolute atomic E-state index is 0.640. The van der Waals surface area contributed by atoms with Crippen molar-refractivity contribution in [3.8, 4) is 0 Å². The Labute approximate surface area is 121 Å². The van der Waals surface area contributed by atoms with E-state index in [4.69, 9.17) is 0 Å². The first kappa shape index (κ1) is 12.9. The van der Waals surface area contributed by atoms with Gasteiger partial charge in [0.05, 0.1) is 5.52 Å². The van der Waals surface area contributed by atoms with Gasteiger partial charge in [0, 0.05) is 19.0 Å². The minimum Gasteiger partial charge on any atom is -0.369 e. The number of nitrogens with zero attached hydrogens (tertiary/aromatic N) is 2. The first-order chi connectivity index (χ1) is 9.86. The SMILES string of the molecule is CNc1nc(NCCc2ccsc2)c2ccccc2n1. The molecule has 0 aliphatic carbocycles. The molecular weight excluding hydrogens is 268 g/mol. The fourth-order valence-corrected chi connectivity index (χ4v) is 2.79. The average Bonchev–Trinajstić information content (AvgIpc) is 3.00. The molecule has 4 nitrogen and oxygen atoms in total. The summed E-state index contributed by atoms with van der Waals surface area (Å²) in [4.78, 5) is 8.96. The van der Waals surface area contributed by atoms with Gasteiger partial charge in [0.2, 0.25) is 5.95 Å². The van der Waals surface area contributed by atoms with Crippen LogP contribution >= 0.6 is 11.3 Å². The Kier molecular flexibility index (Phi) is 3.78. The fraction of sp³-hybridized carbons (Fsp3) is 0.200. The van der Waals surface area contributed by atoms with Gasteiger partial charge in [-0.25, -0.2) is 4.98 Å². The Balaban J connectivity index is 1.82. The summed E-state index contributed by atoms with van der Waals surface area (Å²) in [6, 6.07) is 10.2. The maximum atomic E-state index is 4.51. The lowest BCUT2D eigenvalue weighted by atomic mass is 10.2. The Morgan fingerprint density at radius 2 is 2.05 bits per heavy atom. The van der Waals surface area contributed by atoms with E-state index >= 15 is 0 Å². The van der Waals surface area contributed by atoms with Crippen LogP contribution in [0.4, 0.5) is 11.8 Å². The first-order valence-corrected chi connectivity index (χ1v) is 7.50. The molecule has 3 rings (SSSR count). The number of thiophene rings is 1. The predicted molar refractivity (Wildman–Crippen MR) is 85.6 cm³/mol. The molecule has 102 valence electrons. The molecule has 0 fully saturated rings. The number of fused-ring (bicyclic) bond motifs is 1. The molecule has 0 unspecified atom stereocenters. The Morgan fingerprint density at radius 3 is 2.85 bits per heavy atom. The highest BCUT2D eigenvalue weighted by atomic mass is 32.1. The summed E-state index contributed by atoms with van der Waals surface area (Å²) in [5, 5.41) is 11.8. The lowest BCUT2D eigenvalue weighted by molar-refractivity contribution is 1.01. The molecule has 1 aromatic carbocycles. The highest BCUT2D eigenvalue weighted by molar-refractivity contribution is 7.07. The second-order valence-electron chi connectivity index (χ2n) is 4.47. The van der Waals surface area contributed by atoms with Crippen LogP contribution in [0.3, 0.4) is 0 Å². The van der Waals surface area contributed by atoms with Crippen LogP contribution in [0.1, 0.15) is 5.56 Å². The lowest BCUT2D eigenvalue weighted by Gasteiger charge is -2.10. The molecule has 0 amide bonds. The number of hydrogen-bond acceptors (Lipinski definition) is 5. The number of benzene rings is 1. The van der Waals surface area contributed by atoms with Gasteiger partial charge in [-0.15, -0.1) is 0 Å². The smallest absolute Gasteiger partial charge is 0.224 e. The van der Waals surface area contributed by atoms with E-state index in [0.29, 0.717) is 5.95 Å². The monoisotopic (exact) mass is 284 g/mol. The molecule has 0 atom stereocenters. The van der Waals surface area contributed by atoms with Gasteiger partial charge in [0.15, 0.2) is 0 Å². The molecule has 0 aliphatic rings. The van der Waals surface area contributed by atoms with Crippen LogP contribution in [-0.4, -0.2) is 23.6 Å². The van der Waals surface area contributed by atoms with Crippen LogP contribution in [0.25, 0.3) is 10.9 Å². The van der Waals surface area contributed by atoms with E-state index in [1.807, 2.05) is 31.3 Å². The zero-order chi connectivity index (χ0) is 13.8. The second-order valence-corrected chi connectivity index (χ2v) is 5.25. The third kappa shape index (κ3) is 2.72. The number of aromatic nitrogens is 2.